The first kappa shape index (κ1) is 11.9. The van der Waals surface area contributed by atoms with Crippen molar-refractivity contribution in [3.8, 4) is 0 Å². The fourth-order valence-electron chi connectivity index (χ4n) is 1.18. The molecule has 1 aromatic carbocycles. The fourth-order valence-corrected chi connectivity index (χ4v) is 1.41. The molecule has 0 aliphatic heterocycles. The predicted molar refractivity (Wildman–Crippen MR) is 65.5 cm³/mol. The topological polar surface area (TPSA) is 25.2 Å². The Balaban J connectivity index is 2.20. The third-order valence-corrected chi connectivity index (χ3v) is 2.47. The molecule has 5 heteroatoms. The lowest BCUT2D eigenvalue weighted by molar-refractivity contribution is 0.508. The molecule has 0 bridgehead atoms. The van der Waals surface area contributed by atoms with Crippen LogP contribution in [0.4, 0.5) is 14.6 Å². The summed E-state index contributed by atoms with van der Waals surface area (Å²) in [5, 5.41) is 0. The highest BCUT2D eigenvalue weighted by molar-refractivity contribution is 9.10. The Bertz CT molecular complexity index is 553. The highest BCUT2D eigenvalue weighted by Gasteiger charge is 2.00. The Hall–Kier alpha value is -1.62. The summed E-state index contributed by atoms with van der Waals surface area (Å²) in [5.41, 5.74) is 0.480. The number of benzene rings is 1. The Kier molecular flexibility index (Phi) is 3.58. The molecular formula is C12H7BrF2N2. The first-order valence-electron chi connectivity index (χ1n) is 4.76. The van der Waals surface area contributed by atoms with Crippen molar-refractivity contribution >= 4 is 28.0 Å². The minimum absolute atomic E-state index is 0.480. The molecule has 0 atom stereocenters. The van der Waals surface area contributed by atoms with Crippen LogP contribution in [-0.4, -0.2) is 11.2 Å². The summed E-state index contributed by atoms with van der Waals surface area (Å²) in [5.74, 6) is -1.26. The van der Waals surface area contributed by atoms with Gasteiger partial charge in [-0.3, -0.25) is 0 Å². The van der Waals surface area contributed by atoms with Crippen molar-refractivity contribution < 1.29 is 8.78 Å². The summed E-state index contributed by atoms with van der Waals surface area (Å²) in [6.07, 6.45) is 3.04. The lowest BCUT2D eigenvalue weighted by atomic mass is 10.2. The minimum Gasteiger partial charge on any atom is -0.237 e. The Morgan fingerprint density at radius 3 is 2.59 bits per heavy atom. The summed E-state index contributed by atoms with van der Waals surface area (Å²) in [6.45, 7) is 0. The van der Waals surface area contributed by atoms with E-state index in [2.05, 4.69) is 25.9 Å². The van der Waals surface area contributed by atoms with E-state index in [0.717, 1.165) is 16.6 Å². The molecule has 0 amide bonds. The van der Waals surface area contributed by atoms with Crippen LogP contribution in [-0.2, 0) is 0 Å². The number of hydrogen-bond donors (Lipinski definition) is 0. The van der Waals surface area contributed by atoms with Gasteiger partial charge < -0.3 is 0 Å². The van der Waals surface area contributed by atoms with Crippen molar-refractivity contribution in [2.45, 2.75) is 0 Å². The zero-order chi connectivity index (χ0) is 12.3. The third kappa shape index (κ3) is 3.17. The van der Waals surface area contributed by atoms with E-state index in [9.17, 15) is 8.78 Å². The molecule has 0 fully saturated rings. The molecule has 0 saturated heterocycles. The van der Waals surface area contributed by atoms with Gasteiger partial charge in [-0.1, -0.05) is 6.07 Å². The van der Waals surface area contributed by atoms with E-state index in [4.69, 9.17) is 0 Å². The summed E-state index contributed by atoms with van der Waals surface area (Å²) < 4.78 is 26.4. The molecule has 1 heterocycles. The summed E-state index contributed by atoms with van der Waals surface area (Å²) in [6, 6.07) is 7.09. The summed E-state index contributed by atoms with van der Waals surface area (Å²) >= 11 is 3.25. The van der Waals surface area contributed by atoms with Crippen LogP contribution in [0.25, 0.3) is 0 Å². The van der Waals surface area contributed by atoms with Gasteiger partial charge in [0.25, 0.3) is 0 Å². The number of aromatic nitrogens is 1. The molecule has 2 nitrogen and oxygen atoms in total. The summed E-state index contributed by atoms with van der Waals surface area (Å²) in [7, 11) is 0. The molecule has 0 N–H and O–H groups in total. The average Bonchev–Trinajstić information content (AvgIpc) is 2.33. The number of pyridine rings is 1. The van der Waals surface area contributed by atoms with Gasteiger partial charge >= 0.3 is 0 Å². The predicted octanol–water partition coefficient (Wildman–Crippen LogP) is 3.87. The molecule has 0 aliphatic rings. The van der Waals surface area contributed by atoms with E-state index in [1.165, 1.54) is 12.3 Å². The van der Waals surface area contributed by atoms with E-state index in [0.29, 0.717) is 11.4 Å². The largest absolute Gasteiger partial charge is 0.237 e. The second-order valence-corrected chi connectivity index (χ2v) is 4.18. The van der Waals surface area contributed by atoms with Crippen LogP contribution in [0.5, 0.6) is 0 Å². The van der Waals surface area contributed by atoms with Crippen LogP contribution in [0.3, 0.4) is 0 Å². The number of nitrogens with zero attached hydrogens (tertiary/aromatic N) is 2. The number of rotatable bonds is 2. The maximum Gasteiger partial charge on any atom is 0.159 e. The average molecular weight is 297 g/mol. The molecule has 0 saturated carbocycles. The molecular weight excluding hydrogens is 290 g/mol. The zero-order valence-corrected chi connectivity index (χ0v) is 10.2. The smallest absolute Gasteiger partial charge is 0.159 e. The van der Waals surface area contributed by atoms with Crippen molar-refractivity contribution in [1.82, 2.24) is 4.98 Å². The third-order valence-electron chi connectivity index (χ3n) is 2.00. The molecule has 17 heavy (non-hydrogen) atoms. The van der Waals surface area contributed by atoms with E-state index >= 15 is 0 Å². The van der Waals surface area contributed by atoms with E-state index < -0.39 is 11.6 Å². The number of hydrogen-bond acceptors (Lipinski definition) is 2. The number of aliphatic imine (C=N–C) groups is 1. The number of halogens is 3. The van der Waals surface area contributed by atoms with Crippen LogP contribution in [0, 0.1) is 11.6 Å². The Morgan fingerprint density at radius 1 is 1.12 bits per heavy atom. The van der Waals surface area contributed by atoms with Crippen LogP contribution in [0.2, 0.25) is 0 Å². The summed E-state index contributed by atoms with van der Waals surface area (Å²) in [4.78, 5) is 8.06. The Morgan fingerprint density at radius 2 is 1.94 bits per heavy atom. The molecule has 0 unspecified atom stereocenters. The van der Waals surface area contributed by atoms with Gasteiger partial charge in [0.1, 0.15) is 0 Å². The van der Waals surface area contributed by atoms with Gasteiger partial charge in [0.2, 0.25) is 0 Å². The second kappa shape index (κ2) is 5.14. The standard InChI is InChI=1S/C12H7BrF2N2/c13-9-2-4-12(17-7-9)16-6-8-1-3-10(14)11(15)5-8/h1-7H. The van der Waals surface area contributed by atoms with Crippen LogP contribution < -0.4 is 0 Å². The molecule has 0 aliphatic carbocycles. The first-order chi connectivity index (χ1) is 8.15. The molecule has 1 aromatic heterocycles. The zero-order valence-electron chi connectivity index (χ0n) is 8.57. The van der Waals surface area contributed by atoms with Gasteiger partial charge in [-0.15, -0.1) is 0 Å². The van der Waals surface area contributed by atoms with Gasteiger partial charge in [-0.25, -0.2) is 18.8 Å². The monoisotopic (exact) mass is 296 g/mol. The highest BCUT2D eigenvalue weighted by Crippen LogP contribution is 2.13. The van der Waals surface area contributed by atoms with Gasteiger partial charge in [0.05, 0.1) is 0 Å². The molecule has 86 valence electrons. The van der Waals surface area contributed by atoms with E-state index in [-0.39, 0.29) is 0 Å². The van der Waals surface area contributed by atoms with Crippen LogP contribution in [0.15, 0.2) is 46.0 Å². The van der Waals surface area contributed by atoms with E-state index in [1.807, 2.05) is 0 Å². The maximum absolute atomic E-state index is 12.9. The van der Waals surface area contributed by atoms with E-state index in [1.54, 1.807) is 18.3 Å². The van der Waals surface area contributed by atoms with Crippen molar-refractivity contribution in [2.24, 2.45) is 4.99 Å². The highest BCUT2D eigenvalue weighted by atomic mass is 79.9. The molecule has 0 radical (unpaired) electrons. The molecule has 2 aromatic rings. The maximum atomic E-state index is 12.9. The van der Waals surface area contributed by atoms with Gasteiger partial charge in [-0.05, 0) is 45.8 Å². The quantitative estimate of drug-likeness (QED) is 0.772. The minimum atomic E-state index is -0.891. The van der Waals surface area contributed by atoms with Crippen LogP contribution in [0.1, 0.15) is 5.56 Å². The van der Waals surface area contributed by atoms with Gasteiger partial charge in [0, 0.05) is 16.9 Å². The molecule has 0 spiro atoms. The lowest BCUT2D eigenvalue weighted by Crippen LogP contribution is -1.87. The second-order valence-electron chi connectivity index (χ2n) is 3.27. The fraction of sp³-hybridized carbons (Fsp3) is 0. The first-order valence-corrected chi connectivity index (χ1v) is 5.55. The van der Waals surface area contributed by atoms with Crippen molar-refractivity contribution in [2.75, 3.05) is 0 Å². The van der Waals surface area contributed by atoms with Crippen molar-refractivity contribution in [1.29, 1.82) is 0 Å². The SMILES string of the molecule is Fc1ccc(C=Nc2ccc(Br)cn2)cc1F. The van der Waals surface area contributed by atoms with Crippen LogP contribution >= 0.6 is 15.9 Å². The van der Waals surface area contributed by atoms with Gasteiger partial charge in [-0.2, -0.15) is 0 Å². The lowest BCUT2D eigenvalue weighted by Gasteiger charge is -1.95. The van der Waals surface area contributed by atoms with Crippen molar-refractivity contribution in [3.05, 3.63) is 58.2 Å². The van der Waals surface area contributed by atoms with Crippen molar-refractivity contribution in [3.63, 3.8) is 0 Å². The molecule has 2 rings (SSSR count). The normalized spacial score (nSPS) is 11.0. The van der Waals surface area contributed by atoms with Gasteiger partial charge in [0.15, 0.2) is 17.5 Å². The Labute approximate surface area is 105 Å².